The van der Waals surface area contributed by atoms with Gasteiger partial charge in [-0.15, -0.1) is 5.47 Å². The zero-order valence-corrected chi connectivity index (χ0v) is 10.7. The highest BCUT2D eigenvalue weighted by atomic mass is 16.3. The number of hydrogen-bond acceptors (Lipinski definition) is 3. The second-order valence-corrected chi connectivity index (χ2v) is 4.85. The molecule has 0 aromatic carbocycles. The van der Waals surface area contributed by atoms with E-state index in [9.17, 15) is 0 Å². The van der Waals surface area contributed by atoms with Gasteiger partial charge < -0.3 is 15.5 Å². The number of aliphatic hydroxyl groups is 2. The Morgan fingerprint density at radius 3 is 1.71 bits per heavy atom. The lowest BCUT2D eigenvalue weighted by molar-refractivity contribution is -0.107. The molecule has 1 heterocycles. The van der Waals surface area contributed by atoms with E-state index in [0.717, 1.165) is 25.0 Å². The highest BCUT2D eigenvalue weighted by Crippen LogP contribution is 2.19. The first-order chi connectivity index (χ1) is 6.64. The summed E-state index contributed by atoms with van der Waals surface area (Å²) >= 11 is 0. The number of rotatable bonds is 1. The van der Waals surface area contributed by atoms with Crippen LogP contribution in [-0.2, 0) is 0 Å². The molecule has 0 aromatic rings. The molecule has 3 N–H and O–H groups in total. The number of nitrogens with one attached hydrogen (secondary N) is 1. The molecule has 3 nitrogen and oxygen atoms in total. The minimum absolute atomic E-state index is 0. The summed E-state index contributed by atoms with van der Waals surface area (Å²) in [7, 11) is 5.46. The maximum atomic E-state index is 9.10. The summed E-state index contributed by atoms with van der Waals surface area (Å²) in [6.07, 6.45) is 3.03. The van der Waals surface area contributed by atoms with Crippen molar-refractivity contribution in [2.24, 2.45) is 0 Å². The predicted molar refractivity (Wildman–Crippen MR) is 76.4 cm³/mol. The van der Waals surface area contributed by atoms with Gasteiger partial charge >= 0.3 is 0 Å². The Hall–Kier alpha value is -0.250. The fourth-order valence-corrected chi connectivity index (χ4v) is 0.640. The van der Waals surface area contributed by atoms with E-state index in [1.807, 2.05) is 6.08 Å². The molecule has 1 rings (SSSR count). The van der Waals surface area contributed by atoms with Crippen molar-refractivity contribution in [3.63, 3.8) is 0 Å². The summed E-state index contributed by atoms with van der Waals surface area (Å²) in [5, 5.41) is 21.4. The van der Waals surface area contributed by atoms with Gasteiger partial charge in [0, 0.05) is 15.0 Å². The number of hydrogen-bond donors (Lipinski definition) is 3. The third kappa shape index (κ3) is 10.6. The van der Waals surface area contributed by atoms with Crippen molar-refractivity contribution >= 4 is 16.3 Å². The highest BCUT2D eigenvalue weighted by Gasteiger charge is 2.31. The van der Waals surface area contributed by atoms with Crippen molar-refractivity contribution < 1.29 is 10.2 Å². The van der Waals surface area contributed by atoms with Crippen LogP contribution < -0.4 is 5.32 Å². The smallest absolute Gasteiger partial charge is 0.107 e. The van der Waals surface area contributed by atoms with Crippen LogP contribution in [0.3, 0.4) is 0 Å². The van der Waals surface area contributed by atoms with Crippen LogP contribution >= 0.6 is 0 Å². The van der Waals surface area contributed by atoms with Crippen LogP contribution in [0.25, 0.3) is 0 Å². The van der Waals surface area contributed by atoms with Gasteiger partial charge in [-0.1, -0.05) is 13.5 Å². The normalized spacial score (nSPS) is 15.5. The van der Waals surface area contributed by atoms with Crippen molar-refractivity contribution in [3.8, 4) is 0 Å². The molecule has 5 radical (unpaired) electrons. The Bertz CT molecular complexity index is 206. The second kappa shape index (κ2) is 8.78. The van der Waals surface area contributed by atoms with Gasteiger partial charge in [-0.3, -0.25) is 0 Å². The first-order valence-corrected chi connectivity index (χ1v) is 5.24. The van der Waals surface area contributed by atoms with Crippen molar-refractivity contribution in [1.82, 2.24) is 5.32 Å². The molecule has 97 valence electrons. The molecular formula is C12H26B2NO2. The molecule has 0 fully saturated rings. The van der Waals surface area contributed by atoms with E-state index < -0.39 is 11.2 Å². The third-order valence-electron chi connectivity index (χ3n) is 2.60. The van der Waals surface area contributed by atoms with Gasteiger partial charge in [0.15, 0.2) is 0 Å². The fourth-order valence-electron chi connectivity index (χ4n) is 0.640. The van der Waals surface area contributed by atoms with E-state index in [1.165, 1.54) is 0 Å². The summed E-state index contributed by atoms with van der Waals surface area (Å²) in [4.78, 5) is 0. The standard InChI is InChI=1S/C6H14O2.C5H8BN.CH4.B/c1-5(2,7)6(3,4)8;6-5-1-3-7-4-2-5;;/h7-8H,1-4H3;1,7H,2-4H2;1H4;. The minimum Gasteiger partial charge on any atom is -0.387 e. The van der Waals surface area contributed by atoms with E-state index in [4.69, 9.17) is 18.1 Å². The van der Waals surface area contributed by atoms with Gasteiger partial charge in [0.2, 0.25) is 0 Å². The van der Waals surface area contributed by atoms with Crippen molar-refractivity contribution in [2.75, 3.05) is 13.1 Å². The lowest BCUT2D eigenvalue weighted by Gasteiger charge is -2.31. The lowest BCUT2D eigenvalue weighted by atomic mass is 9.90. The largest absolute Gasteiger partial charge is 0.387 e. The molecule has 0 saturated heterocycles. The van der Waals surface area contributed by atoms with E-state index in [2.05, 4.69) is 5.32 Å². The minimum atomic E-state index is -1.01. The Balaban J connectivity index is -0.000000207. The maximum absolute atomic E-state index is 9.10. The molecule has 0 aromatic heterocycles. The van der Waals surface area contributed by atoms with Crippen LogP contribution in [-0.4, -0.2) is 50.8 Å². The Morgan fingerprint density at radius 1 is 1.18 bits per heavy atom. The molecule has 1 aliphatic heterocycles. The van der Waals surface area contributed by atoms with Gasteiger partial charge in [0.05, 0.1) is 11.2 Å². The molecule has 0 unspecified atom stereocenters. The van der Waals surface area contributed by atoms with Crippen LogP contribution in [0.5, 0.6) is 0 Å². The fraction of sp³-hybridized carbons (Fsp3) is 0.833. The van der Waals surface area contributed by atoms with E-state index >= 15 is 0 Å². The molecule has 0 saturated carbocycles. The summed E-state index contributed by atoms with van der Waals surface area (Å²) in [5.74, 6) is 0. The highest BCUT2D eigenvalue weighted by molar-refractivity contribution is 6.21. The monoisotopic (exact) mass is 238 g/mol. The molecular weight excluding hydrogens is 212 g/mol. The lowest BCUT2D eigenvalue weighted by Crippen LogP contribution is -2.44. The summed E-state index contributed by atoms with van der Waals surface area (Å²) in [6, 6.07) is 0. The molecule has 0 bridgehead atoms. The second-order valence-electron chi connectivity index (χ2n) is 4.85. The van der Waals surface area contributed by atoms with Gasteiger partial charge in [0.1, 0.15) is 7.85 Å². The molecule has 1 aliphatic rings. The van der Waals surface area contributed by atoms with Crippen molar-refractivity contribution in [3.05, 3.63) is 11.5 Å². The van der Waals surface area contributed by atoms with Crippen molar-refractivity contribution in [1.29, 1.82) is 0 Å². The predicted octanol–water partition coefficient (Wildman–Crippen LogP) is 0.816. The van der Waals surface area contributed by atoms with Gasteiger partial charge in [-0.25, -0.2) is 0 Å². The van der Waals surface area contributed by atoms with E-state index in [1.54, 1.807) is 27.7 Å². The molecule has 0 spiro atoms. The quantitative estimate of drug-likeness (QED) is 0.592. The summed E-state index contributed by atoms with van der Waals surface area (Å²) in [5.41, 5.74) is -0.987. The van der Waals surface area contributed by atoms with Crippen LogP contribution in [0.2, 0.25) is 0 Å². The van der Waals surface area contributed by atoms with Crippen LogP contribution in [0, 0.1) is 0 Å². The van der Waals surface area contributed by atoms with Crippen molar-refractivity contribution in [2.45, 2.75) is 52.7 Å². The first kappa shape index (κ1) is 22.0. The maximum Gasteiger partial charge on any atom is 0.107 e. The topological polar surface area (TPSA) is 52.5 Å². The molecule has 5 heteroatoms. The Kier molecular flexibility index (Phi) is 11.4. The molecule has 17 heavy (non-hydrogen) atoms. The summed E-state index contributed by atoms with van der Waals surface area (Å²) in [6.45, 7) is 8.30. The Morgan fingerprint density at radius 2 is 1.59 bits per heavy atom. The zero-order valence-electron chi connectivity index (χ0n) is 10.7. The third-order valence-corrected chi connectivity index (χ3v) is 2.60. The van der Waals surface area contributed by atoms with E-state index in [-0.39, 0.29) is 15.8 Å². The van der Waals surface area contributed by atoms with Gasteiger partial charge in [0.25, 0.3) is 0 Å². The molecule has 0 amide bonds. The molecule has 0 aliphatic carbocycles. The van der Waals surface area contributed by atoms with E-state index in [0.29, 0.717) is 0 Å². The summed E-state index contributed by atoms with van der Waals surface area (Å²) < 4.78 is 0. The molecule has 0 atom stereocenters. The average molecular weight is 238 g/mol. The SMILES string of the molecule is C.CC(C)(O)C(C)(C)O.[B].[B]C1=CCNCC1. The van der Waals surface area contributed by atoms with Crippen LogP contribution in [0.1, 0.15) is 41.5 Å². The van der Waals surface area contributed by atoms with Crippen LogP contribution in [0.4, 0.5) is 0 Å². The first-order valence-electron chi connectivity index (χ1n) is 5.24. The van der Waals surface area contributed by atoms with Gasteiger partial charge in [-0.2, -0.15) is 0 Å². The Labute approximate surface area is 110 Å². The van der Waals surface area contributed by atoms with Gasteiger partial charge in [-0.05, 0) is 40.7 Å². The zero-order chi connectivity index (χ0) is 12.1. The average Bonchev–Trinajstić information content (AvgIpc) is 2.02. The van der Waals surface area contributed by atoms with Crippen LogP contribution in [0.15, 0.2) is 11.5 Å².